The molecule has 5 heteroatoms. The second kappa shape index (κ2) is 10.9. The maximum Gasteiger partial charge on any atom is 0.0897 e. The van der Waals surface area contributed by atoms with Crippen LogP contribution in [0.5, 0.6) is 0 Å². The van der Waals surface area contributed by atoms with Gasteiger partial charge in [-0.1, -0.05) is 30.3 Å². The summed E-state index contributed by atoms with van der Waals surface area (Å²) in [5.41, 5.74) is 1.10. The molecular formula is C14H23NO4. The maximum absolute atomic E-state index is 9.66. The first-order valence-corrected chi connectivity index (χ1v) is 6.52. The van der Waals surface area contributed by atoms with Gasteiger partial charge in [-0.25, -0.2) is 0 Å². The van der Waals surface area contributed by atoms with Crippen LogP contribution in [0.2, 0.25) is 0 Å². The van der Waals surface area contributed by atoms with Crippen LogP contribution in [0.4, 0.5) is 0 Å². The minimum atomic E-state index is -0.526. The van der Waals surface area contributed by atoms with Crippen molar-refractivity contribution in [2.24, 2.45) is 0 Å². The van der Waals surface area contributed by atoms with E-state index in [0.29, 0.717) is 39.5 Å². The number of aliphatic hydroxyl groups is 2. The predicted octanol–water partition coefficient (Wildman–Crippen LogP) is 0.163. The summed E-state index contributed by atoms with van der Waals surface area (Å²) in [7, 11) is 0. The van der Waals surface area contributed by atoms with Crippen LogP contribution in [0.1, 0.15) is 5.56 Å². The van der Waals surface area contributed by atoms with E-state index >= 15 is 0 Å². The second-order valence-electron chi connectivity index (χ2n) is 4.19. The number of rotatable bonds is 11. The van der Waals surface area contributed by atoms with Crippen molar-refractivity contribution in [2.75, 3.05) is 39.5 Å². The fraction of sp³-hybridized carbons (Fsp3) is 0.571. The number of hydrogen-bond acceptors (Lipinski definition) is 5. The largest absolute Gasteiger partial charge is 0.394 e. The molecule has 3 N–H and O–H groups in total. The van der Waals surface area contributed by atoms with Crippen LogP contribution in [0.25, 0.3) is 0 Å². The lowest BCUT2D eigenvalue weighted by Crippen LogP contribution is -2.32. The summed E-state index contributed by atoms with van der Waals surface area (Å²) in [4.78, 5) is 0. The van der Waals surface area contributed by atoms with Crippen molar-refractivity contribution in [3.8, 4) is 0 Å². The number of hydrogen-bond donors (Lipinski definition) is 3. The van der Waals surface area contributed by atoms with Gasteiger partial charge in [0.15, 0.2) is 0 Å². The van der Waals surface area contributed by atoms with Gasteiger partial charge in [0.1, 0.15) is 0 Å². The third kappa shape index (κ3) is 8.69. The number of benzene rings is 1. The fourth-order valence-corrected chi connectivity index (χ4v) is 1.53. The Kier molecular flexibility index (Phi) is 9.22. The average molecular weight is 269 g/mol. The molecule has 0 aliphatic heterocycles. The van der Waals surface area contributed by atoms with Gasteiger partial charge in [-0.05, 0) is 5.56 Å². The SMILES string of the molecule is OCCOCCNC[C@@H](O)COCc1ccccc1. The summed E-state index contributed by atoms with van der Waals surface area (Å²) in [5.74, 6) is 0. The van der Waals surface area contributed by atoms with Crippen LogP contribution < -0.4 is 5.32 Å². The number of ether oxygens (including phenoxy) is 2. The van der Waals surface area contributed by atoms with Crippen LogP contribution >= 0.6 is 0 Å². The molecule has 0 aliphatic rings. The zero-order valence-electron chi connectivity index (χ0n) is 11.1. The lowest BCUT2D eigenvalue weighted by molar-refractivity contribution is 0.0273. The summed E-state index contributed by atoms with van der Waals surface area (Å²) in [5, 5.41) is 21.2. The normalized spacial score (nSPS) is 12.5. The molecule has 0 saturated heterocycles. The van der Waals surface area contributed by atoms with Gasteiger partial charge in [-0.15, -0.1) is 0 Å². The summed E-state index contributed by atoms with van der Waals surface area (Å²) in [6.45, 7) is 2.85. The summed E-state index contributed by atoms with van der Waals surface area (Å²) in [6.07, 6.45) is -0.526. The molecule has 108 valence electrons. The lowest BCUT2D eigenvalue weighted by atomic mass is 10.2. The van der Waals surface area contributed by atoms with Crippen LogP contribution in [0.3, 0.4) is 0 Å². The van der Waals surface area contributed by atoms with Gasteiger partial charge in [0.05, 0.1) is 39.1 Å². The molecule has 1 rings (SSSR count). The average Bonchev–Trinajstić information content (AvgIpc) is 2.44. The highest BCUT2D eigenvalue weighted by Gasteiger charge is 2.03. The van der Waals surface area contributed by atoms with Crippen molar-refractivity contribution in [2.45, 2.75) is 12.7 Å². The van der Waals surface area contributed by atoms with Crippen molar-refractivity contribution < 1.29 is 19.7 Å². The Morgan fingerprint density at radius 3 is 2.63 bits per heavy atom. The van der Waals surface area contributed by atoms with Crippen molar-refractivity contribution in [1.82, 2.24) is 5.32 Å². The highest BCUT2D eigenvalue weighted by molar-refractivity contribution is 5.13. The predicted molar refractivity (Wildman–Crippen MR) is 72.9 cm³/mol. The first kappa shape index (κ1) is 16.1. The molecular weight excluding hydrogens is 246 g/mol. The zero-order chi connectivity index (χ0) is 13.8. The van der Waals surface area contributed by atoms with Crippen LogP contribution in [0.15, 0.2) is 30.3 Å². The van der Waals surface area contributed by atoms with E-state index in [0.717, 1.165) is 5.56 Å². The van der Waals surface area contributed by atoms with E-state index in [1.54, 1.807) is 0 Å². The third-order valence-corrected chi connectivity index (χ3v) is 2.46. The topological polar surface area (TPSA) is 71.0 Å². The van der Waals surface area contributed by atoms with Gasteiger partial charge in [0.2, 0.25) is 0 Å². The third-order valence-electron chi connectivity index (χ3n) is 2.46. The number of aliphatic hydroxyl groups excluding tert-OH is 2. The Hall–Kier alpha value is -0.980. The Balaban J connectivity index is 1.94. The van der Waals surface area contributed by atoms with Crippen LogP contribution in [0, 0.1) is 0 Å². The highest BCUT2D eigenvalue weighted by Crippen LogP contribution is 2.00. The van der Waals surface area contributed by atoms with E-state index in [1.807, 2.05) is 30.3 Å². The van der Waals surface area contributed by atoms with Gasteiger partial charge in [-0.2, -0.15) is 0 Å². The Bertz CT molecular complexity index is 308. The summed E-state index contributed by atoms with van der Waals surface area (Å²) in [6, 6.07) is 9.86. The molecule has 1 aromatic carbocycles. The van der Waals surface area contributed by atoms with Crippen molar-refractivity contribution in [3.63, 3.8) is 0 Å². The molecule has 0 saturated carbocycles. The van der Waals surface area contributed by atoms with E-state index in [1.165, 1.54) is 0 Å². The van der Waals surface area contributed by atoms with E-state index in [9.17, 15) is 5.11 Å². The first-order chi connectivity index (χ1) is 9.33. The molecule has 0 aromatic heterocycles. The van der Waals surface area contributed by atoms with Gasteiger partial charge < -0.3 is 25.0 Å². The summed E-state index contributed by atoms with van der Waals surface area (Å²) >= 11 is 0. The highest BCUT2D eigenvalue weighted by atomic mass is 16.5. The molecule has 0 aliphatic carbocycles. The smallest absolute Gasteiger partial charge is 0.0897 e. The minimum Gasteiger partial charge on any atom is -0.394 e. The van der Waals surface area contributed by atoms with E-state index < -0.39 is 6.10 Å². The molecule has 0 fully saturated rings. The first-order valence-electron chi connectivity index (χ1n) is 6.52. The molecule has 1 aromatic rings. The molecule has 5 nitrogen and oxygen atoms in total. The standard InChI is InChI=1S/C14H23NO4/c16-7-9-18-8-6-15-10-14(17)12-19-11-13-4-2-1-3-5-13/h1-5,14-17H,6-12H2/t14-/m1/s1. The van der Waals surface area contributed by atoms with Gasteiger partial charge in [0, 0.05) is 13.1 Å². The Morgan fingerprint density at radius 1 is 1.11 bits per heavy atom. The Labute approximate surface area is 114 Å². The monoisotopic (exact) mass is 269 g/mol. The van der Waals surface area contributed by atoms with Gasteiger partial charge in [-0.3, -0.25) is 0 Å². The van der Waals surface area contributed by atoms with Gasteiger partial charge in [0.25, 0.3) is 0 Å². The van der Waals surface area contributed by atoms with Crippen molar-refractivity contribution >= 4 is 0 Å². The maximum atomic E-state index is 9.66. The second-order valence-corrected chi connectivity index (χ2v) is 4.19. The zero-order valence-corrected chi connectivity index (χ0v) is 11.1. The molecule has 0 amide bonds. The quantitative estimate of drug-likeness (QED) is 0.499. The van der Waals surface area contributed by atoms with Crippen molar-refractivity contribution in [1.29, 1.82) is 0 Å². The molecule has 0 spiro atoms. The molecule has 0 unspecified atom stereocenters. The van der Waals surface area contributed by atoms with Crippen LogP contribution in [-0.4, -0.2) is 55.8 Å². The number of nitrogens with one attached hydrogen (secondary N) is 1. The van der Waals surface area contributed by atoms with E-state index in [4.69, 9.17) is 14.6 Å². The molecule has 0 radical (unpaired) electrons. The van der Waals surface area contributed by atoms with Gasteiger partial charge >= 0.3 is 0 Å². The minimum absolute atomic E-state index is 0.0376. The van der Waals surface area contributed by atoms with E-state index in [2.05, 4.69) is 5.32 Å². The molecule has 19 heavy (non-hydrogen) atoms. The van der Waals surface area contributed by atoms with Crippen molar-refractivity contribution in [3.05, 3.63) is 35.9 Å². The molecule has 1 atom stereocenters. The fourth-order valence-electron chi connectivity index (χ4n) is 1.53. The van der Waals surface area contributed by atoms with E-state index in [-0.39, 0.29) is 6.61 Å². The summed E-state index contributed by atoms with van der Waals surface area (Å²) < 4.78 is 10.5. The Morgan fingerprint density at radius 2 is 1.89 bits per heavy atom. The molecule has 0 heterocycles. The van der Waals surface area contributed by atoms with Crippen LogP contribution in [-0.2, 0) is 16.1 Å². The molecule has 0 bridgehead atoms. The lowest BCUT2D eigenvalue weighted by Gasteiger charge is -2.12.